The zero-order valence-electron chi connectivity index (χ0n) is 31.4. The van der Waals surface area contributed by atoms with Gasteiger partial charge in [-0.3, -0.25) is 19.6 Å². The fraction of sp³-hybridized carbons (Fsp3) is 0.333. The van der Waals surface area contributed by atoms with Crippen LogP contribution in [0.5, 0.6) is 0 Å². The van der Waals surface area contributed by atoms with E-state index in [0.717, 1.165) is 118 Å². The third kappa shape index (κ3) is 10.1. The van der Waals surface area contributed by atoms with Crippen LogP contribution in [-0.4, -0.2) is 21.5 Å². The number of pyridine rings is 2. The highest BCUT2D eigenvalue weighted by Gasteiger charge is 2.29. The Morgan fingerprint density at radius 3 is 1.27 bits per heavy atom. The van der Waals surface area contributed by atoms with Crippen LogP contribution < -0.4 is 0 Å². The van der Waals surface area contributed by atoms with Crippen molar-refractivity contribution in [1.29, 1.82) is 0 Å². The number of ketones is 2. The van der Waals surface area contributed by atoms with Crippen molar-refractivity contribution in [3.8, 4) is 0 Å². The summed E-state index contributed by atoms with van der Waals surface area (Å²) in [5.41, 5.74) is 6.29. The molecule has 56 heavy (non-hydrogen) atoms. The standard InChI is InChI=1S/2C24H23ClFNO/c2*25-19-8-1-16(2-9-19)3-12-24(28)18-6-4-17(5-7-18)21-13-14-27-23-11-10-20(26)15-22(21)23/h2*1-2,8-11,13-15,17-18H,3-7,12H2. The average Bonchev–Trinajstić information content (AvgIpc) is 3.23. The molecule has 2 aromatic heterocycles. The normalized spacial score (nSPS) is 19.6. The van der Waals surface area contributed by atoms with Gasteiger partial charge in [0.05, 0.1) is 11.0 Å². The van der Waals surface area contributed by atoms with E-state index < -0.39 is 0 Å². The van der Waals surface area contributed by atoms with Crippen LogP contribution in [0.3, 0.4) is 0 Å². The van der Waals surface area contributed by atoms with E-state index in [1.165, 1.54) is 12.1 Å². The molecule has 2 aliphatic rings. The van der Waals surface area contributed by atoms with E-state index in [1.807, 2.05) is 60.7 Å². The van der Waals surface area contributed by atoms with Gasteiger partial charge < -0.3 is 0 Å². The number of aryl methyl sites for hydroxylation is 2. The molecule has 0 bridgehead atoms. The first-order chi connectivity index (χ1) is 27.2. The number of aromatic nitrogens is 2. The van der Waals surface area contributed by atoms with E-state index in [2.05, 4.69) is 9.97 Å². The molecule has 0 saturated heterocycles. The lowest BCUT2D eigenvalue weighted by molar-refractivity contribution is -0.124. The molecule has 288 valence electrons. The molecule has 2 aliphatic carbocycles. The third-order valence-electron chi connectivity index (χ3n) is 11.9. The number of carbonyl (C=O) groups excluding carboxylic acids is 2. The van der Waals surface area contributed by atoms with Crippen molar-refractivity contribution in [3.63, 3.8) is 0 Å². The predicted octanol–water partition coefficient (Wildman–Crippen LogP) is 13.0. The number of nitrogens with zero attached hydrogens (tertiary/aromatic N) is 2. The summed E-state index contributed by atoms with van der Waals surface area (Å²) in [4.78, 5) is 34.0. The minimum atomic E-state index is -0.229. The van der Waals surface area contributed by atoms with Gasteiger partial charge in [0.25, 0.3) is 0 Å². The first-order valence-electron chi connectivity index (χ1n) is 19.8. The van der Waals surface area contributed by atoms with E-state index in [9.17, 15) is 18.4 Å². The van der Waals surface area contributed by atoms with Crippen LogP contribution in [0.1, 0.15) is 98.3 Å². The van der Waals surface area contributed by atoms with Crippen LogP contribution in [0, 0.1) is 23.5 Å². The van der Waals surface area contributed by atoms with Crippen molar-refractivity contribution in [2.45, 2.75) is 88.9 Å². The first-order valence-corrected chi connectivity index (χ1v) is 20.6. The summed E-state index contributed by atoms with van der Waals surface area (Å²) in [7, 11) is 0. The highest BCUT2D eigenvalue weighted by molar-refractivity contribution is 6.30. The minimum Gasteiger partial charge on any atom is -0.299 e. The lowest BCUT2D eigenvalue weighted by Crippen LogP contribution is -2.21. The van der Waals surface area contributed by atoms with Gasteiger partial charge in [-0.05, 0) is 171 Å². The molecule has 8 heteroatoms. The second kappa shape index (κ2) is 18.6. The predicted molar refractivity (Wildman–Crippen MR) is 222 cm³/mol. The maximum Gasteiger partial charge on any atom is 0.136 e. The molecule has 2 saturated carbocycles. The van der Waals surface area contributed by atoms with Gasteiger partial charge in [0.1, 0.15) is 23.2 Å². The van der Waals surface area contributed by atoms with Crippen molar-refractivity contribution < 1.29 is 18.4 Å². The number of rotatable bonds is 10. The summed E-state index contributed by atoms with van der Waals surface area (Å²) >= 11 is 11.8. The van der Waals surface area contributed by atoms with Gasteiger partial charge in [0.2, 0.25) is 0 Å². The van der Waals surface area contributed by atoms with Crippen molar-refractivity contribution >= 4 is 56.6 Å². The monoisotopic (exact) mass is 790 g/mol. The van der Waals surface area contributed by atoms with Gasteiger partial charge in [0.15, 0.2) is 0 Å². The number of halogens is 4. The topological polar surface area (TPSA) is 59.9 Å². The fourth-order valence-corrected chi connectivity index (χ4v) is 8.94. The number of hydrogen-bond acceptors (Lipinski definition) is 4. The van der Waals surface area contributed by atoms with Gasteiger partial charge in [-0.25, -0.2) is 8.78 Å². The van der Waals surface area contributed by atoms with E-state index in [-0.39, 0.29) is 23.5 Å². The number of benzene rings is 4. The maximum atomic E-state index is 13.7. The molecule has 4 nitrogen and oxygen atoms in total. The molecule has 4 aromatic carbocycles. The van der Waals surface area contributed by atoms with Crippen molar-refractivity contribution in [1.82, 2.24) is 9.97 Å². The Balaban J connectivity index is 0.000000172. The number of carbonyl (C=O) groups is 2. The molecule has 0 N–H and O–H groups in total. The maximum absolute atomic E-state index is 13.7. The number of Topliss-reactive ketones (excluding diaryl/α,β-unsaturated/α-hetero) is 2. The van der Waals surface area contributed by atoms with Gasteiger partial charge in [-0.15, -0.1) is 0 Å². The first kappa shape index (κ1) is 39.7. The van der Waals surface area contributed by atoms with Crippen LogP contribution in [0.25, 0.3) is 21.8 Å². The lowest BCUT2D eigenvalue weighted by atomic mass is 9.76. The summed E-state index contributed by atoms with van der Waals surface area (Å²) in [6, 6.07) is 29.0. The number of hydrogen-bond donors (Lipinski definition) is 0. The van der Waals surface area contributed by atoms with E-state index in [0.29, 0.717) is 36.2 Å². The molecule has 6 aromatic rings. The highest BCUT2D eigenvalue weighted by atomic mass is 35.5. The van der Waals surface area contributed by atoms with Crippen LogP contribution in [0.15, 0.2) is 109 Å². The molecule has 0 amide bonds. The number of fused-ring (bicyclic) bond motifs is 2. The molecule has 0 aliphatic heterocycles. The smallest absolute Gasteiger partial charge is 0.136 e. The quantitative estimate of drug-likeness (QED) is 0.139. The Kier molecular flexibility index (Phi) is 13.2. The van der Waals surface area contributed by atoms with E-state index in [4.69, 9.17) is 23.2 Å². The molecule has 0 unspecified atom stereocenters. The Labute approximate surface area is 337 Å². The van der Waals surface area contributed by atoms with Crippen LogP contribution in [-0.2, 0) is 22.4 Å². The van der Waals surface area contributed by atoms with E-state index >= 15 is 0 Å². The summed E-state index contributed by atoms with van der Waals surface area (Å²) < 4.78 is 27.4. The molecule has 0 spiro atoms. The van der Waals surface area contributed by atoms with Crippen LogP contribution >= 0.6 is 23.2 Å². The molecule has 0 atom stereocenters. The van der Waals surface area contributed by atoms with Gasteiger partial charge in [-0.1, -0.05) is 47.5 Å². The van der Waals surface area contributed by atoms with Crippen molar-refractivity contribution in [3.05, 3.63) is 153 Å². The zero-order valence-corrected chi connectivity index (χ0v) is 32.9. The average molecular weight is 792 g/mol. The molecule has 2 fully saturated rings. The molecule has 0 radical (unpaired) electrons. The minimum absolute atomic E-state index is 0.147. The summed E-state index contributed by atoms with van der Waals surface area (Å²) in [5.74, 6) is 1.29. The molecular formula is C48H46Cl2F2N2O2. The summed E-state index contributed by atoms with van der Waals surface area (Å²) in [6.45, 7) is 0. The molecular weight excluding hydrogens is 745 g/mol. The lowest BCUT2D eigenvalue weighted by Gasteiger charge is -2.28. The van der Waals surface area contributed by atoms with Gasteiger partial charge in [0, 0.05) is 57.9 Å². The van der Waals surface area contributed by atoms with Crippen molar-refractivity contribution in [2.75, 3.05) is 0 Å². The van der Waals surface area contributed by atoms with Gasteiger partial charge in [-0.2, -0.15) is 0 Å². The van der Waals surface area contributed by atoms with Crippen LogP contribution in [0.4, 0.5) is 8.78 Å². The summed E-state index contributed by atoms with van der Waals surface area (Å²) in [5, 5.41) is 3.24. The Hall–Kier alpha value is -4.52. The SMILES string of the molecule is O=C(CCc1ccc(Cl)cc1)C1CCC(c2ccnc3ccc(F)cc23)CC1.O=C(CCc1ccc(Cl)cc1)C1CCC(c2ccnc3ccc(F)cc23)CC1. The largest absolute Gasteiger partial charge is 0.299 e. The van der Waals surface area contributed by atoms with Crippen molar-refractivity contribution in [2.24, 2.45) is 11.8 Å². The van der Waals surface area contributed by atoms with E-state index in [1.54, 1.807) is 36.7 Å². The van der Waals surface area contributed by atoms with Gasteiger partial charge >= 0.3 is 0 Å². The Bertz CT molecular complexity index is 2120. The highest BCUT2D eigenvalue weighted by Crippen LogP contribution is 2.40. The summed E-state index contributed by atoms with van der Waals surface area (Å²) in [6.07, 6.45) is 13.8. The Morgan fingerprint density at radius 2 is 0.893 bits per heavy atom. The zero-order chi connectivity index (χ0) is 39.0. The fourth-order valence-electron chi connectivity index (χ4n) is 8.69. The molecule has 8 rings (SSSR count). The molecule has 2 heterocycles. The van der Waals surface area contributed by atoms with Crippen LogP contribution in [0.2, 0.25) is 10.0 Å². The third-order valence-corrected chi connectivity index (χ3v) is 12.4. The second-order valence-electron chi connectivity index (χ2n) is 15.4. The Morgan fingerprint density at radius 1 is 0.518 bits per heavy atom. The second-order valence-corrected chi connectivity index (χ2v) is 16.3.